The summed E-state index contributed by atoms with van der Waals surface area (Å²) in [5, 5.41) is 2.56. The van der Waals surface area contributed by atoms with Gasteiger partial charge in [-0.3, -0.25) is 0 Å². The molecule has 0 atom stereocenters. The minimum atomic E-state index is -0.166. The smallest absolute Gasteiger partial charge is 0.0541 e. The molecule has 2 aliphatic carbocycles. The highest BCUT2D eigenvalue weighted by Crippen LogP contribution is 2.59. The molecule has 0 saturated heterocycles. The number of rotatable bonds is 4. The zero-order chi connectivity index (χ0) is 38.8. The Bertz CT molecular complexity index is 3130. The Labute approximate surface area is 335 Å². The molecule has 0 fully saturated rings. The van der Waals surface area contributed by atoms with Gasteiger partial charge in [-0.2, -0.15) is 0 Å². The standard InChI is InChI=1S/C56H45N/c1-34-14-10-11-17-41(34)47-30-36(21-20-35(47)2)38-22-25-42-45-27-28-46-43-26-23-39(33-50(43)56(5,6)54(46)53(45)55(3,4)49(42)32-38)37-24-29-52-48(31-37)44-18-12-13-19-51(44)57(52)40-15-8-7-9-16-40/h7-33H,1-6H3. The van der Waals surface area contributed by atoms with Crippen molar-refractivity contribution in [3.8, 4) is 61.3 Å². The molecule has 0 radical (unpaired) electrons. The zero-order valence-electron chi connectivity index (χ0n) is 33.5. The van der Waals surface area contributed by atoms with E-state index in [0.29, 0.717) is 0 Å². The maximum atomic E-state index is 2.48. The summed E-state index contributed by atoms with van der Waals surface area (Å²) >= 11 is 0. The van der Waals surface area contributed by atoms with Crippen molar-refractivity contribution in [3.63, 3.8) is 0 Å². The summed E-state index contributed by atoms with van der Waals surface area (Å²) < 4.78 is 2.39. The van der Waals surface area contributed by atoms with Crippen LogP contribution in [0.2, 0.25) is 0 Å². The van der Waals surface area contributed by atoms with Crippen LogP contribution in [0.1, 0.15) is 61.1 Å². The molecular weight excluding hydrogens is 687 g/mol. The molecule has 0 spiro atoms. The molecule has 57 heavy (non-hydrogen) atoms. The van der Waals surface area contributed by atoms with Crippen LogP contribution < -0.4 is 0 Å². The second-order valence-electron chi connectivity index (χ2n) is 17.4. The third-order valence-corrected chi connectivity index (χ3v) is 13.4. The van der Waals surface area contributed by atoms with Crippen LogP contribution in [0.4, 0.5) is 0 Å². The van der Waals surface area contributed by atoms with Crippen molar-refractivity contribution in [2.75, 3.05) is 0 Å². The molecule has 1 aromatic heterocycles. The van der Waals surface area contributed by atoms with Crippen LogP contribution in [0.3, 0.4) is 0 Å². The zero-order valence-corrected chi connectivity index (χ0v) is 33.5. The number of nitrogens with zero attached hydrogens (tertiary/aromatic N) is 1. The van der Waals surface area contributed by atoms with Crippen molar-refractivity contribution in [1.29, 1.82) is 0 Å². The van der Waals surface area contributed by atoms with Crippen molar-refractivity contribution in [1.82, 2.24) is 4.57 Å². The van der Waals surface area contributed by atoms with E-state index in [1.807, 2.05) is 0 Å². The quantitative estimate of drug-likeness (QED) is 0.170. The Morgan fingerprint density at radius 2 is 0.842 bits per heavy atom. The van der Waals surface area contributed by atoms with E-state index >= 15 is 0 Å². The first-order valence-corrected chi connectivity index (χ1v) is 20.3. The summed E-state index contributed by atoms with van der Waals surface area (Å²) in [5.74, 6) is 0. The highest BCUT2D eigenvalue weighted by Gasteiger charge is 2.46. The lowest BCUT2D eigenvalue weighted by atomic mass is 9.72. The van der Waals surface area contributed by atoms with E-state index in [4.69, 9.17) is 0 Å². The monoisotopic (exact) mass is 731 g/mol. The van der Waals surface area contributed by atoms with Crippen LogP contribution in [0.15, 0.2) is 164 Å². The average Bonchev–Trinajstić information content (AvgIpc) is 3.77. The van der Waals surface area contributed by atoms with Gasteiger partial charge in [-0.1, -0.05) is 143 Å². The summed E-state index contributed by atoms with van der Waals surface area (Å²) in [4.78, 5) is 0. The molecule has 0 aliphatic heterocycles. The molecule has 0 saturated carbocycles. The fourth-order valence-electron chi connectivity index (χ4n) is 10.5. The van der Waals surface area contributed by atoms with E-state index in [1.165, 1.54) is 117 Å². The molecule has 1 heterocycles. The maximum Gasteiger partial charge on any atom is 0.0541 e. The molecule has 0 unspecified atom stereocenters. The van der Waals surface area contributed by atoms with Gasteiger partial charge in [0.2, 0.25) is 0 Å². The van der Waals surface area contributed by atoms with Crippen molar-refractivity contribution in [2.24, 2.45) is 0 Å². The van der Waals surface area contributed by atoms with Crippen molar-refractivity contribution in [2.45, 2.75) is 52.4 Å². The number of hydrogen-bond acceptors (Lipinski definition) is 0. The van der Waals surface area contributed by atoms with Crippen LogP contribution >= 0.6 is 0 Å². The molecule has 0 N–H and O–H groups in total. The number of para-hydroxylation sites is 2. The Kier molecular flexibility index (Phi) is 7.15. The number of hydrogen-bond donors (Lipinski definition) is 0. The second-order valence-corrected chi connectivity index (χ2v) is 17.4. The van der Waals surface area contributed by atoms with Gasteiger partial charge in [-0.25, -0.2) is 0 Å². The lowest BCUT2D eigenvalue weighted by Gasteiger charge is -2.31. The van der Waals surface area contributed by atoms with Gasteiger partial charge in [0.25, 0.3) is 0 Å². The summed E-state index contributed by atoms with van der Waals surface area (Å²) in [6, 6.07) is 61.5. The fourth-order valence-corrected chi connectivity index (χ4v) is 10.5. The van der Waals surface area contributed by atoms with Crippen LogP contribution in [0, 0.1) is 13.8 Å². The van der Waals surface area contributed by atoms with E-state index in [0.717, 1.165) is 0 Å². The SMILES string of the molecule is Cc1ccccc1-c1cc(-c2ccc3c(c2)C(C)(C)c2c-3ccc3c2C(C)(C)c2cc(-c4ccc5c(c4)c4ccccc4n5-c4ccccc4)ccc2-3)ccc1C. The number of benzene rings is 8. The van der Waals surface area contributed by atoms with Crippen LogP contribution in [-0.2, 0) is 10.8 Å². The molecule has 0 amide bonds. The summed E-state index contributed by atoms with van der Waals surface area (Å²) in [5.41, 5.74) is 24.9. The lowest BCUT2D eigenvalue weighted by Crippen LogP contribution is -2.24. The van der Waals surface area contributed by atoms with Gasteiger partial charge in [0, 0.05) is 27.3 Å². The minimum absolute atomic E-state index is 0.157. The van der Waals surface area contributed by atoms with Crippen molar-refractivity contribution < 1.29 is 0 Å². The Morgan fingerprint density at radius 1 is 0.351 bits per heavy atom. The molecule has 8 aromatic carbocycles. The van der Waals surface area contributed by atoms with E-state index in [9.17, 15) is 0 Å². The van der Waals surface area contributed by atoms with Crippen LogP contribution in [0.5, 0.6) is 0 Å². The van der Waals surface area contributed by atoms with Gasteiger partial charge in [-0.05, 0) is 151 Å². The first-order valence-electron chi connectivity index (χ1n) is 20.3. The summed E-state index contributed by atoms with van der Waals surface area (Å²) in [7, 11) is 0. The maximum absolute atomic E-state index is 2.48. The Morgan fingerprint density at radius 3 is 1.51 bits per heavy atom. The third kappa shape index (κ3) is 4.82. The third-order valence-electron chi connectivity index (χ3n) is 13.4. The normalized spacial score (nSPS) is 14.4. The second kappa shape index (κ2) is 12.0. The first-order chi connectivity index (χ1) is 27.6. The number of fused-ring (bicyclic) bond motifs is 10. The van der Waals surface area contributed by atoms with E-state index in [1.54, 1.807) is 0 Å². The van der Waals surface area contributed by atoms with E-state index in [2.05, 4.69) is 210 Å². The van der Waals surface area contributed by atoms with E-state index < -0.39 is 0 Å². The van der Waals surface area contributed by atoms with Crippen LogP contribution in [0.25, 0.3) is 83.1 Å². The van der Waals surface area contributed by atoms with Crippen LogP contribution in [-0.4, -0.2) is 4.57 Å². The molecule has 1 nitrogen and oxygen atoms in total. The van der Waals surface area contributed by atoms with Gasteiger partial charge in [0.05, 0.1) is 11.0 Å². The Hall–Kier alpha value is -6.44. The van der Waals surface area contributed by atoms with Gasteiger partial charge in [0.1, 0.15) is 0 Å². The fraction of sp³-hybridized carbons (Fsp3) is 0.143. The predicted molar refractivity (Wildman–Crippen MR) is 242 cm³/mol. The molecule has 274 valence electrons. The van der Waals surface area contributed by atoms with Gasteiger partial charge < -0.3 is 4.57 Å². The molecule has 2 aliphatic rings. The van der Waals surface area contributed by atoms with Crippen molar-refractivity contribution in [3.05, 3.63) is 197 Å². The summed E-state index contributed by atoms with van der Waals surface area (Å²) in [6.45, 7) is 14.2. The summed E-state index contributed by atoms with van der Waals surface area (Å²) in [6.07, 6.45) is 0. The largest absolute Gasteiger partial charge is 0.309 e. The highest BCUT2D eigenvalue weighted by atomic mass is 15.0. The highest BCUT2D eigenvalue weighted by molar-refractivity contribution is 6.10. The lowest BCUT2D eigenvalue weighted by molar-refractivity contribution is 0.601. The number of aryl methyl sites for hydroxylation is 2. The number of aromatic nitrogens is 1. The molecule has 1 heteroatoms. The first kappa shape index (κ1) is 33.9. The minimum Gasteiger partial charge on any atom is -0.309 e. The van der Waals surface area contributed by atoms with Gasteiger partial charge >= 0.3 is 0 Å². The molecular formula is C56H45N. The molecule has 11 rings (SSSR count). The molecule has 0 bridgehead atoms. The topological polar surface area (TPSA) is 4.93 Å². The predicted octanol–water partition coefficient (Wildman–Crippen LogP) is 15.0. The van der Waals surface area contributed by atoms with Crippen molar-refractivity contribution >= 4 is 21.8 Å². The van der Waals surface area contributed by atoms with E-state index in [-0.39, 0.29) is 10.8 Å². The average molecular weight is 732 g/mol. The van der Waals surface area contributed by atoms with Gasteiger partial charge in [0.15, 0.2) is 0 Å². The molecule has 9 aromatic rings. The Balaban J connectivity index is 0.995. The van der Waals surface area contributed by atoms with Gasteiger partial charge in [-0.15, -0.1) is 0 Å².